The summed E-state index contributed by atoms with van der Waals surface area (Å²) in [6, 6.07) is 9.39. The summed E-state index contributed by atoms with van der Waals surface area (Å²) in [4.78, 5) is 22.3. The van der Waals surface area contributed by atoms with Crippen LogP contribution in [-0.4, -0.2) is 27.3 Å². The molecule has 0 bridgehead atoms. The molecule has 0 atom stereocenters. The van der Waals surface area contributed by atoms with Gasteiger partial charge < -0.3 is 20.0 Å². The second-order valence-electron chi connectivity index (χ2n) is 4.97. The van der Waals surface area contributed by atoms with E-state index in [-0.39, 0.29) is 22.1 Å². The quantitative estimate of drug-likeness (QED) is 0.749. The molecule has 9 heteroatoms. The summed E-state index contributed by atoms with van der Waals surface area (Å²) in [5.74, 6) is -1.06. The minimum absolute atomic E-state index is 0.0979. The van der Waals surface area contributed by atoms with Crippen molar-refractivity contribution >= 4 is 27.6 Å². The van der Waals surface area contributed by atoms with Crippen LogP contribution >= 0.6 is 0 Å². The Hall–Kier alpha value is -3.07. The molecule has 2 rings (SSSR count). The minimum atomic E-state index is -4.22. The Morgan fingerprint density at radius 3 is 2.24 bits per heavy atom. The standard InChI is InChI=1S/C16H16N2O6S/c1-10(19)18-11-3-6-13(7-4-11)25(21,22)24-15-9-12(23-2)5-8-14(15)16(17)20/h3-9H,1-2H3,(H2,17,20)(H,18,19). The first-order chi connectivity index (χ1) is 11.7. The van der Waals surface area contributed by atoms with Gasteiger partial charge in [-0.3, -0.25) is 9.59 Å². The molecule has 2 aromatic rings. The molecule has 2 amide bonds. The number of methoxy groups -OCH3 is 1. The van der Waals surface area contributed by atoms with Gasteiger partial charge in [-0.15, -0.1) is 0 Å². The molecule has 0 saturated carbocycles. The van der Waals surface area contributed by atoms with E-state index in [1.807, 2.05) is 0 Å². The Bertz CT molecular complexity index is 907. The van der Waals surface area contributed by atoms with E-state index in [0.717, 1.165) is 0 Å². The van der Waals surface area contributed by atoms with Crippen molar-refractivity contribution in [2.45, 2.75) is 11.8 Å². The number of amides is 2. The molecule has 2 aromatic carbocycles. The van der Waals surface area contributed by atoms with Gasteiger partial charge in [-0.25, -0.2) is 0 Å². The maximum Gasteiger partial charge on any atom is 0.339 e. The fourth-order valence-electron chi connectivity index (χ4n) is 1.98. The number of ether oxygens (including phenoxy) is 1. The third-order valence-corrected chi connectivity index (χ3v) is 4.37. The predicted octanol–water partition coefficient (Wildman–Crippen LogP) is 1.52. The SMILES string of the molecule is COc1ccc(C(N)=O)c(OS(=O)(=O)c2ccc(NC(C)=O)cc2)c1. The molecule has 25 heavy (non-hydrogen) atoms. The number of carbonyl (C=O) groups is 2. The summed E-state index contributed by atoms with van der Waals surface area (Å²) in [6.07, 6.45) is 0. The lowest BCUT2D eigenvalue weighted by atomic mass is 10.2. The fraction of sp³-hybridized carbons (Fsp3) is 0.125. The summed E-state index contributed by atoms with van der Waals surface area (Å²) in [5.41, 5.74) is 5.57. The molecule has 0 aliphatic carbocycles. The average Bonchev–Trinajstić information content (AvgIpc) is 2.54. The van der Waals surface area contributed by atoms with Crippen molar-refractivity contribution in [1.29, 1.82) is 0 Å². The van der Waals surface area contributed by atoms with Gasteiger partial charge in [0.25, 0.3) is 5.91 Å². The van der Waals surface area contributed by atoms with Gasteiger partial charge in [0.15, 0.2) is 5.75 Å². The van der Waals surface area contributed by atoms with Crippen molar-refractivity contribution in [3.8, 4) is 11.5 Å². The maximum absolute atomic E-state index is 12.4. The van der Waals surface area contributed by atoms with Gasteiger partial charge >= 0.3 is 10.1 Å². The van der Waals surface area contributed by atoms with E-state index < -0.39 is 16.0 Å². The average molecular weight is 364 g/mol. The Morgan fingerprint density at radius 2 is 1.72 bits per heavy atom. The Balaban J connectivity index is 2.35. The normalized spacial score (nSPS) is 10.8. The first kappa shape index (κ1) is 18.3. The lowest BCUT2D eigenvalue weighted by Gasteiger charge is -2.11. The molecule has 0 spiro atoms. The second-order valence-corrected chi connectivity index (χ2v) is 6.52. The molecular formula is C16H16N2O6S. The Morgan fingerprint density at radius 1 is 1.08 bits per heavy atom. The molecule has 3 N–H and O–H groups in total. The van der Waals surface area contributed by atoms with Gasteiger partial charge in [0, 0.05) is 18.7 Å². The zero-order valence-electron chi connectivity index (χ0n) is 13.5. The van der Waals surface area contributed by atoms with Crippen LogP contribution < -0.4 is 20.0 Å². The Labute approximate surface area is 144 Å². The third-order valence-electron chi connectivity index (χ3n) is 3.12. The molecule has 0 fully saturated rings. The molecule has 132 valence electrons. The van der Waals surface area contributed by atoms with Gasteiger partial charge in [-0.05, 0) is 36.4 Å². The summed E-state index contributed by atoms with van der Waals surface area (Å²) in [5, 5.41) is 2.52. The van der Waals surface area contributed by atoms with Crippen molar-refractivity contribution in [2.75, 3.05) is 12.4 Å². The van der Waals surface area contributed by atoms with Gasteiger partial charge in [-0.1, -0.05) is 0 Å². The fourth-order valence-corrected chi connectivity index (χ4v) is 2.92. The molecular weight excluding hydrogens is 348 g/mol. The summed E-state index contributed by atoms with van der Waals surface area (Å²) < 4.78 is 34.9. The van der Waals surface area contributed by atoms with Crippen molar-refractivity contribution in [2.24, 2.45) is 5.73 Å². The monoisotopic (exact) mass is 364 g/mol. The highest BCUT2D eigenvalue weighted by Crippen LogP contribution is 2.28. The zero-order valence-corrected chi connectivity index (χ0v) is 14.3. The number of nitrogens with one attached hydrogen (secondary N) is 1. The van der Waals surface area contributed by atoms with Crippen molar-refractivity contribution in [1.82, 2.24) is 0 Å². The lowest BCUT2D eigenvalue weighted by Crippen LogP contribution is -2.16. The molecule has 0 unspecified atom stereocenters. The topological polar surface area (TPSA) is 125 Å². The number of nitrogens with two attached hydrogens (primary N) is 1. The van der Waals surface area contributed by atoms with Crippen LogP contribution in [0.3, 0.4) is 0 Å². The summed E-state index contributed by atoms with van der Waals surface area (Å²) in [6.45, 7) is 1.34. The van der Waals surface area contributed by atoms with Crippen molar-refractivity contribution < 1.29 is 26.9 Å². The largest absolute Gasteiger partial charge is 0.497 e. The molecule has 0 radical (unpaired) electrons. The van der Waals surface area contributed by atoms with Crippen LogP contribution in [0.2, 0.25) is 0 Å². The Kier molecular flexibility index (Phi) is 5.28. The lowest BCUT2D eigenvalue weighted by molar-refractivity contribution is -0.114. The molecule has 0 aromatic heterocycles. The number of rotatable bonds is 6. The van der Waals surface area contributed by atoms with Crippen LogP contribution in [-0.2, 0) is 14.9 Å². The molecule has 0 aliphatic heterocycles. The van der Waals surface area contributed by atoms with Gasteiger partial charge in [0.2, 0.25) is 5.91 Å². The number of anilines is 1. The van der Waals surface area contributed by atoms with Crippen LogP contribution in [0.1, 0.15) is 17.3 Å². The van der Waals surface area contributed by atoms with Crippen LogP contribution in [0.5, 0.6) is 11.5 Å². The van der Waals surface area contributed by atoms with E-state index >= 15 is 0 Å². The summed E-state index contributed by atoms with van der Waals surface area (Å²) >= 11 is 0. The smallest absolute Gasteiger partial charge is 0.339 e. The highest BCUT2D eigenvalue weighted by molar-refractivity contribution is 7.87. The maximum atomic E-state index is 12.4. The van der Waals surface area contributed by atoms with Gasteiger partial charge in [-0.2, -0.15) is 8.42 Å². The number of benzene rings is 2. The van der Waals surface area contributed by atoms with E-state index in [4.69, 9.17) is 14.7 Å². The van der Waals surface area contributed by atoms with E-state index in [2.05, 4.69) is 5.32 Å². The van der Waals surface area contributed by atoms with Crippen LogP contribution in [0.4, 0.5) is 5.69 Å². The zero-order chi connectivity index (χ0) is 18.6. The molecule has 8 nitrogen and oxygen atoms in total. The number of carbonyl (C=O) groups excluding carboxylic acids is 2. The van der Waals surface area contributed by atoms with Crippen LogP contribution in [0.15, 0.2) is 47.4 Å². The minimum Gasteiger partial charge on any atom is -0.497 e. The first-order valence-corrected chi connectivity index (χ1v) is 8.44. The molecule has 0 aliphatic rings. The molecule has 0 heterocycles. The van der Waals surface area contributed by atoms with Gasteiger partial charge in [0.05, 0.1) is 12.7 Å². The number of primary amides is 1. The molecule has 0 saturated heterocycles. The van der Waals surface area contributed by atoms with E-state index in [1.165, 1.54) is 56.5 Å². The van der Waals surface area contributed by atoms with Crippen LogP contribution in [0.25, 0.3) is 0 Å². The van der Waals surface area contributed by atoms with Crippen LogP contribution in [0, 0.1) is 0 Å². The number of hydrogen-bond acceptors (Lipinski definition) is 6. The first-order valence-electron chi connectivity index (χ1n) is 7.03. The highest BCUT2D eigenvalue weighted by atomic mass is 32.2. The van der Waals surface area contributed by atoms with E-state index in [0.29, 0.717) is 11.4 Å². The van der Waals surface area contributed by atoms with E-state index in [9.17, 15) is 18.0 Å². The number of hydrogen-bond donors (Lipinski definition) is 2. The van der Waals surface area contributed by atoms with Gasteiger partial charge in [0.1, 0.15) is 10.6 Å². The van der Waals surface area contributed by atoms with E-state index in [1.54, 1.807) is 0 Å². The summed E-state index contributed by atoms with van der Waals surface area (Å²) in [7, 11) is -2.83. The highest BCUT2D eigenvalue weighted by Gasteiger charge is 2.21. The van der Waals surface area contributed by atoms with Crippen molar-refractivity contribution in [3.05, 3.63) is 48.0 Å². The second kappa shape index (κ2) is 7.22. The third kappa shape index (κ3) is 4.48. The predicted molar refractivity (Wildman–Crippen MR) is 90.1 cm³/mol. The van der Waals surface area contributed by atoms with Crippen molar-refractivity contribution in [3.63, 3.8) is 0 Å².